The lowest BCUT2D eigenvalue weighted by molar-refractivity contribution is 0.322. The van der Waals surface area contributed by atoms with Gasteiger partial charge in [-0.25, -0.2) is 0 Å². The molecule has 2 radical (unpaired) electrons. The van der Waals surface area contributed by atoms with Crippen molar-refractivity contribution >= 4 is 24.5 Å². The van der Waals surface area contributed by atoms with E-state index in [0.717, 1.165) is 0 Å². The van der Waals surface area contributed by atoms with Crippen molar-refractivity contribution in [2.45, 2.75) is 0 Å². The first kappa shape index (κ1) is 4.82. The largest absolute Gasteiger partial charge is 0.411 e. The molecule has 26 valence electrons. The zero-order chi connectivity index (χ0) is 4.28. The number of hydrogen-bond donors (Lipinski definition) is 1. The predicted molar refractivity (Wildman–Crippen MR) is 20.8 cm³/mol. The monoisotopic (exact) mass is 89.0 g/mol. The molecule has 5 heavy (non-hydrogen) atoms. The van der Waals surface area contributed by atoms with Crippen LogP contribution >= 0.6 is 11.6 Å². The second kappa shape index (κ2) is 2.09. The molecule has 0 fully saturated rings. The molecule has 4 heteroatoms. The van der Waals surface area contributed by atoms with E-state index in [4.69, 9.17) is 16.8 Å². The molecule has 0 spiro atoms. The van der Waals surface area contributed by atoms with Crippen LogP contribution in [0.1, 0.15) is 0 Å². The summed E-state index contributed by atoms with van der Waals surface area (Å²) in [6, 6.07) is 0. The second-order valence-electron chi connectivity index (χ2n) is 0.423. The van der Waals surface area contributed by atoms with Crippen LogP contribution in [0.4, 0.5) is 0 Å². The molecule has 0 aromatic heterocycles. The van der Waals surface area contributed by atoms with Crippen molar-refractivity contribution in [1.82, 2.24) is 0 Å². The summed E-state index contributed by atoms with van der Waals surface area (Å²) >= 11 is 4.74. The maximum atomic E-state index is 7.47. The Morgan fingerprint density at radius 2 is 2.20 bits per heavy atom. The average Bonchev–Trinajstić information content (AvgIpc) is 1.38. The van der Waals surface area contributed by atoms with E-state index >= 15 is 0 Å². The van der Waals surface area contributed by atoms with Gasteiger partial charge in [-0.3, -0.25) is 0 Å². The van der Waals surface area contributed by atoms with Crippen molar-refractivity contribution in [2.75, 3.05) is 0 Å². The summed E-state index contributed by atoms with van der Waals surface area (Å²) in [7, 11) is 4.56. The molecule has 0 rings (SSSR count). The molecule has 0 aliphatic rings. The van der Waals surface area contributed by atoms with Gasteiger partial charge in [-0.1, -0.05) is 16.8 Å². The van der Waals surface area contributed by atoms with E-state index in [1.807, 2.05) is 0 Å². The molecule has 0 aromatic carbocycles. The van der Waals surface area contributed by atoms with Gasteiger partial charge in [-0.15, -0.1) is 0 Å². The Hall–Kier alpha value is -0.175. The Bertz CT molecular complexity index is 49.6. The smallest absolute Gasteiger partial charge is 0.164 e. The van der Waals surface area contributed by atoms with E-state index < -0.39 is 0 Å². The molecule has 0 atom stereocenters. The van der Waals surface area contributed by atoms with Crippen molar-refractivity contribution in [1.29, 1.82) is 0 Å². The zero-order valence-corrected chi connectivity index (χ0v) is 3.11. The van der Waals surface area contributed by atoms with Crippen LogP contribution in [0.3, 0.4) is 0 Å². The highest BCUT2D eigenvalue weighted by Gasteiger charge is 1.69. The molecule has 0 heterocycles. The Kier molecular flexibility index (Phi) is 2.01. The number of nitrogens with zero attached hydrogens (tertiary/aromatic N) is 1. The van der Waals surface area contributed by atoms with Crippen molar-refractivity contribution in [3.63, 3.8) is 0 Å². The molecule has 0 aromatic rings. The van der Waals surface area contributed by atoms with Crippen LogP contribution < -0.4 is 0 Å². The molecule has 0 aliphatic heterocycles. The summed E-state index contributed by atoms with van der Waals surface area (Å²) in [5, 5.41) is 9.48. The summed E-state index contributed by atoms with van der Waals surface area (Å²) in [5.41, 5.74) is 0. The third kappa shape index (κ3) is 3.82. The molecule has 0 bridgehead atoms. The number of hydrogen-bond acceptors (Lipinski definition) is 2. The lowest BCUT2D eigenvalue weighted by atomic mass is 10.2. The minimum absolute atomic E-state index is 0.343. The van der Waals surface area contributed by atoms with Crippen molar-refractivity contribution in [3.8, 4) is 0 Å². The highest BCUT2D eigenvalue weighted by Crippen LogP contribution is 1.70. The molecule has 1 N–H and O–H groups in total. The highest BCUT2D eigenvalue weighted by atomic mass is 35.5. The lowest BCUT2D eigenvalue weighted by Crippen LogP contribution is -1.78. The molecule has 0 unspecified atom stereocenters. The summed E-state index contributed by atoms with van der Waals surface area (Å²) in [6.45, 7) is 0. The van der Waals surface area contributed by atoms with Gasteiger partial charge < -0.3 is 5.21 Å². The fourth-order valence-corrected chi connectivity index (χ4v) is 0. The average molecular weight is 89.3 g/mol. The topological polar surface area (TPSA) is 32.6 Å². The van der Waals surface area contributed by atoms with Crippen molar-refractivity contribution in [3.05, 3.63) is 0 Å². The van der Waals surface area contributed by atoms with Gasteiger partial charge in [-0.2, -0.15) is 0 Å². The fraction of sp³-hybridized carbons (Fsp3) is 0. The molecule has 0 amide bonds. The van der Waals surface area contributed by atoms with Gasteiger partial charge >= 0.3 is 0 Å². The van der Waals surface area contributed by atoms with Crippen molar-refractivity contribution in [2.24, 2.45) is 5.16 Å². The summed E-state index contributed by atoms with van der Waals surface area (Å²) < 4.78 is 0. The van der Waals surface area contributed by atoms with Crippen LogP contribution in [-0.2, 0) is 0 Å². The Balaban J connectivity index is 3.14. The third-order valence-electron chi connectivity index (χ3n) is 0.0955. The van der Waals surface area contributed by atoms with E-state index in [1.54, 1.807) is 0 Å². The van der Waals surface area contributed by atoms with E-state index in [2.05, 4.69) is 13.0 Å². The quantitative estimate of drug-likeness (QED) is 0.195. The van der Waals surface area contributed by atoms with E-state index in [9.17, 15) is 0 Å². The standard InChI is InChI=1S/CHBClNO/c2-1(3)4-5/h5H/b4-1-. The van der Waals surface area contributed by atoms with Crippen LogP contribution in [0.2, 0.25) is 0 Å². The summed E-state index contributed by atoms with van der Waals surface area (Å²) in [6.07, 6.45) is 0. The normalized spacial score (nSPS) is 11.8. The Labute approximate surface area is 35.8 Å². The molecule has 0 saturated heterocycles. The van der Waals surface area contributed by atoms with Crippen LogP contribution in [0, 0.1) is 0 Å². The van der Waals surface area contributed by atoms with Gasteiger partial charge in [0.05, 0.1) is 5.07 Å². The zero-order valence-electron chi connectivity index (χ0n) is 2.35. The van der Waals surface area contributed by atoms with Crippen LogP contribution in [0.15, 0.2) is 5.16 Å². The fourth-order valence-electron chi connectivity index (χ4n) is 0. The molecule has 0 saturated carbocycles. The minimum Gasteiger partial charge on any atom is -0.411 e. The van der Waals surface area contributed by atoms with Gasteiger partial charge in [0.2, 0.25) is 0 Å². The SMILES string of the molecule is [B]/C(Cl)=N/O. The summed E-state index contributed by atoms with van der Waals surface area (Å²) in [5.74, 6) is 0. The van der Waals surface area contributed by atoms with Crippen LogP contribution in [0.25, 0.3) is 0 Å². The molecular formula is CHBClNO. The first-order valence-corrected chi connectivity index (χ1v) is 1.28. The molecule has 2 nitrogen and oxygen atoms in total. The van der Waals surface area contributed by atoms with Crippen LogP contribution in [0.5, 0.6) is 0 Å². The maximum Gasteiger partial charge on any atom is 0.164 e. The van der Waals surface area contributed by atoms with Gasteiger partial charge in [-0.05, 0) is 0 Å². The lowest BCUT2D eigenvalue weighted by Gasteiger charge is -1.69. The second-order valence-corrected chi connectivity index (χ2v) is 0.810. The maximum absolute atomic E-state index is 7.47. The first-order chi connectivity index (χ1) is 2.27. The number of oxime groups is 1. The Morgan fingerprint density at radius 1 is 2.00 bits per heavy atom. The first-order valence-electron chi connectivity index (χ1n) is 0.901. The van der Waals surface area contributed by atoms with E-state index in [0.29, 0.717) is 0 Å². The van der Waals surface area contributed by atoms with Gasteiger partial charge in [0.15, 0.2) is 7.85 Å². The van der Waals surface area contributed by atoms with E-state index in [-0.39, 0.29) is 5.07 Å². The highest BCUT2D eigenvalue weighted by molar-refractivity contribution is 6.92. The predicted octanol–water partition coefficient (Wildman–Crippen LogP) is 0.139. The molecular weight excluding hydrogens is 88.3 g/mol. The number of rotatable bonds is 0. The minimum atomic E-state index is -0.343. The Morgan fingerprint density at radius 3 is 2.20 bits per heavy atom. The van der Waals surface area contributed by atoms with Gasteiger partial charge in [0, 0.05) is 0 Å². The van der Waals surface area contributed by atoms with Crippen molar-refractivity contribution < 1.29 is 5.21 Å². The molecule has 0 aliphatic carbocycles. The van der Waals surface area contributed by atoms with Gasteiger partial charge in [0.1, 0.15) is 0 Å². The third-order valence-corrected chi connectivity index (χ3v) is 0.171. The van der Waals surface area contributed by atoms with E-state index in [1.165, 1.54) is 0 Å². The van der Waals surface area contributed by atoms with Gasteiger partial charge in [0.25, 0.3) is 0 Å². The number of halogens is 1. The summed E-state index contributed by atoms with van der Waals surface area (Å²) in [4.78, 5) is 0. The van der Waals surface area contributed by atoms with Crippen LogP contribution in [-0.4, -0.2) is 18.1 Å².